The molecule has 0 aromatic heterocycles. The first-order valence-corrected chi connectivity index (χ1v) is 12.2. The smallest absolute Gasteiger partial charge is 0.416 e. The maximum Gasteiger partial charge on any atom is 0.416 e. The summed E-state index contributed by atoms with van der Waals surface area (Å²) in [6, 6.07) is 4.51. The number of rotatable bonds is 14. The number of unbranched alkanes of at least 4 members (excludes halogenated alkanes) is 2. The molecule has 1 aromatic carbocycles. The predicted octanol–water partition coefficient (Wildman–Crippen LogP) is 5.36. The van der Waals surface area contributed by atoms with Crippen LogP contribution in [0.4, 0.5) is 13.2 Å². The van der Waals surface area contributed by atoms with Crippen molar-refractivity contribution < 1.29 is 37.7 Å². The zero-order valence-electron chi connectivity index (χ0n) is 18.6. The number of carbonyl (C=O) groups excluding carboxylic acids is 1. The number of aliphatic hydroxyl groups excluding tert-OH is 1. The lowest BCUT2D eigenvalue weighted by molar-refractivity contribution is -0.142. The monoisotopic (exact) mass is 488 g/mol. The van der Waals surface area contributed by atoms with E-state index in [4.69, 9.17) is 9.84 Å². The molecule has 0 bridgehead atoms. The van der Waals surface area contributed by atoms with Crippen LogP contribution in [0.1, 0.15) is 51.0 Å². The van der Waals surface area contributed by atoms with Gasteiger partial charge in [0.25, 0.3) is 0 Å². The molecule has 0 heterocycles. The number of carboxylic acids is 1. The third-order valence-corrected chi connectivity index (χ3v) is 7.15. The Morgan fingerprint density at radius 2 is 2.00 bits per heavy atom. The van der Waals surface area contributed by atoms with Crippen molar-refractivity contribution in [1.29, 1.82) is 0 Å². The number of ether oxygens (including phenoxy) is 1. The SMILES string of the molecule is CCC(CCCCCC1C(=O)C=CC1SCC(O)COc1cccc(C(F)(F)F)c1)C(=O)O. The number of hydrogen-bond acceptors (Lipinski definition) is 5. The van der Waals surface area contributed by atoms with Crippen LogP contribution in [0.3, 0.4) is 0 Å². The number of hydrogen-bond donors (Lipinski definition) is 2. The number of aliphatic carboxylic acids is 1. The van der Waals surface area contributed by atoms with Gasteiger partial charge in [0, 0.05) is 16.9 Å². The second-order valence-corrected chi connectivity index (χ2v) is 9.45. The van der Waals surface area contributed by atoms with Crippen LogP contribution in [0.2, 0.25) is 0 Å². The van der Waals surface area contributed by atoms with Crippen molar-refractivity contribution in [2.45, 2.75) is 63.0 Å². The summed E-state index contributed by atoms with van der Waals surface area (Å²) in [6.45, 7) is 1.72. The van der Waals surface area contributed by atoms with Gasteiger partial charge in [-0.3, -0.25) is 9.59 Å². The first-order chi connectivity index (χ1) is 15.6. The minimum atomic E-state index is -4.46. The molecule has 2 rings (SSSR count). The predicted molar refractivity (Wildman–Crippen MR) is 121 cm³/mol. The number of carboxylic acid groups (broad SMARTS) is 1. The van der Waals surface area contributed by atoms with Gasteiger partial charge in [-0.15, -0.1) is 0 Å². The van der Waals surface area contributed by atoms with Crippen molar-refractivity contribution in [3.8, 4) is 5.75 Å². The Labute approximate surface area is 196 Å². The Morgan fingerprint density at radius 3 is 2.67 bits per heavy atom. The van der Waals surface area contributed by atoms with Gasteiger partial charge in [0.15, 0.2) is 5.78 Å². The summed E-state index contributed by atoms with van der Waals surface area (Å²) in [5.41, 5.74) is -0.811. The summed E-state index contributed by atoms with van der Waals surface area (Å²) >= 11 is 1.43. The highest BCUT2D eigenvalue weighted by Crippen LogP contribution is 2.33. The minimum absolute atomic E-state index is 0.0379. The summed E-state index contributed by atoms with van der Waals surface area (Å²) in [5, 5.41) is 19.2. The normalized spacial score (nSPS) is 20.1. The van der Waals surface area contributed by atoms with E-state index in [-0.39, 0.29) is 41.0 Å². The molecule has 2 N–H and O–H groups in total. The van der Waals surface area contributed by atoms with Crippen molar-refractivity contribution in [3.63, 3.8) is 0 Å². The zero-order valence-corrected chi connectivity index (χ0v) is 19.4. The van der Waals surface area contributed by atoms with Gasteiger partial charge in [0.2, 0.25) is 0 Å². The number of thioether (sulfide) groups is 1. The van der Waals surface area contributed by atoms with Gasteiger partial charge in [-0.1, -0.05) is 38.3 Å². The molecule has 1 aliphatic rings. The van der Waals surface area contributed by atoms with Crippen LogP contribution < -0.4 is 4.74 Å². The second kappa shape index (κ2) is 13.0. The molecule has 1 aromatic rings. The summed E-state index contributed by atoms with van der Waals surface area (Å²) in [7, 11) is 0. The van der Waals surface area contributed by atoms with Crippen LogP contribution in [-0.2, 0) is 15.8 Å². The Morgan fingerprint density at radius 1 is 1.24 bits per heavy atom. The van der Waals surface area contributed by atoms with Crippen LogP contribution in [-0.4, -0.2) is 45.7 Å². The average Bonchev–Trinajstić information content (AvgIpc) is 3.12. The Bertz CT molecular complexity index is 812. The Hall–Kier alpha value is -2.00. The van der Waals surface area contributed by atoms with E-state index in [9.17, 15) is 27.9 Å². The van der Waals surface area contributed by atoms with Crippen LogP contribution in [0.15, 0.2) is 36.4 Å². The Balaban J connectivity index is 1.72. The summed E-state index contributed by atoms with van der Waals surface area (Å²) in [5.74, 6) is -0.875. The number of halogens is 3. The van der Waals surface area contributed by atoms with Crippen molar-refractivity contribution >= 4 is 23.5 Å². The highest BCUT2D eigenvalue weighted by Gasteiger charge is 2.31. The lowest BCUT2D eigenvalue weighted by Gasteiger charge is -2.20. The zero-order chi connectivity index (χ0) is 24.4. The fraction of sp³-hybridized carbons (Fsp3) is 0.583. The van der Waals surface area contributed by atoms with E-state index < -0.39 is 23.8 Å². The first-order valence-electron chi connectivity index (χ1n) is 11.2. The topological polar surface area (TPSA) is 83.8 Å². The third-order valence-electron chi connectivity index (χ3n) is 5.71. The number of aliphatic hydroxyl groups is 1. The molecule has 0 fully saturated rings. The number of alkyl halides is 3. The number of ketones is 1. The van der Waals surface area contributed by atoms with Gasteiger partial charge in [-0.05, 0) is 43.5 Å². The average molecular weight is 489 g/mol. The van der Waals surface area contributed by atoms with E-state index in [1.807, 2.05) is 13.0 Å². The van der Waals surface area contributed by atoms with Gasteiger partial charge in [-0.25, -0.2) is 0 Å². The highest BCUT2D eigenvalue weighted by atomic mass is 32.2. The standard InChI is InChI=1S/C24H31F3O5S/c1-2-16(23(30)31)7-4-3-5-10-20-21(29)11-12-22(20)33-15-18(28)14-32-19-9-6-8-17(13-19)24(25,26)27/h6,8-9,11-13,16,18,20,22,28H,2-5,7,10,14-15H2,1H3,(H,30,31). The molecular formula is C24H31F3O5S. The molecule has 0 amide bonds. The van der Waals surface area contributed by atoms with Crippen molar-refractivity contribution in [2.24, 2.45) is 11.8 Å². The fourth-order valence-corrected chi connectivity index (χ4v) is 4.98. The van der Waals surface area contributed by atoms with Crippen LogP contribution in [0.5, 0.6) is 5.75 Å². The second-order valence-electron chi connectivity index (χ2n) is 8.24. The quantitative estimate of drug-likeness (QED) is 0.343. The molecule has 0 aliphatic heterocycles. The number of allylic oxidation sites excluding steroid dienone is 1. The highest BCUT2D eigenvalue weighted by molar-refractivity contribution is 8.00. The van der Waals surface area contributed by atoms with E-state index in [0.717, 1.165) is 31.4 Å². The molecule has 9 heteroatoms. The minimum Gasteiger partial charge on any atom is -0.491 e. The molecule has 0 saturated carbocycles. The fourth-order valence-electron chi connectivity index (χ4n) is 3.75. The third kappa shape index (κ3) is 9.04. The largest absolute Gasteiger partial charge is 0.491 e. The van der Waals surface area contributed by atoms with Gasteiger partial charge in [-0.2, -0.15) is 24.9 Å². The van der Waals surface area contributed by atoms with Crippen molar-refractivity contribution in [2.75, 3.05) is 12.4 Å². The molecule has 0 radical (unpaired) electrons. The molecule has 184 valence electrons. The van der Waals surface area contributed by atoms with Crippen molar-refractivity contribution in [3.05, 3.63) is 42.0 Å². The maximum atomic E-state index is 12.8. The molecule has 0 spiro atoms. The molecule has 33 heavy (non-hydrogen) atoms. The van der Waals surface area contributed by atoms with Crippen LogP contribution in [0.25, 0.3) is 0 Å². The van der Waals surface area contributed by atoms with Gasteiger partial charge >= 0.3 is 12.1 Å². The van der Waals surface area contributed by atoms with E-state index in [0.29, 0.717) is 19.3 Å². The molecule has 4 unspecified atom stereocenters. The van der Waals surface area contributed by atoms with E-state index in [1.54, 1.807) is 6.08 Å². The molecule has 5 nitrogen and oxygen atoms in total. The van der Waals surface area contributed by atoms with Crippen LogP contribution in [0, 0.1) is 11.8 Å². The lowest BCUT2D eigenvalue weighted by atomic mass is 9.95. The lowest BCUT2D eigenvalue weighted by Crippen LogP contribution is -2.24. The Kier molecular flexibility index (Phi) is 10.8. The summed E-state index contributed by atoms with van der Waals surface area (Å²) < 4.78 is 43.6. The van der Waals surface area contributed by atoms with Gasteiger partial charge in [0.1, 0.15) is 12.4 Å². The molecule has 1 aliphatic carbocycles. The van der Waals surface area contributed by atoms with Crippen LogP contribution >= 0.6 is 11.8 Å². The molecule has 0 saturated heterocycles. The number of benzene rings is 1. The van der Waals surface area contributed by atoms with Gasteiger partial charge < -0.3 is 14.9 Å². The summed E-state index contributed by atoms with van der Waals surface area (Å²) in [4.78, 5) is 23.3. The first kappa shape index (κ1) is 27.2. The summed E-state index contributed by atoms with van der Waals surface area (Å²) in [6.07, 6.45) is 2.48. The van der Waals surface area contributed by atoms with Crippen molar-refractivity contribution in [1.82, 2.24) is 0 Å². The maximum absolute atomic E-state index is 12.8. The van der Waals surface area contributed by atoms with Gasteiger partial charge in [0.05, 0.1) is 17.6 Å². The number of carbonyl (C=O) groups is 2. The van der Waals surface area contributed by atoms with E-state index >= 15 is 0 Å². The molecular weight excluding hydrogens is 457 g/mol. The van der Waals surface area contributed by atoms with E-state index in [2.05, 4.69) is 0 Å². The molecule has 4 atom stereocenters. The van der Waals surface area contributed by atoms with E-state index in [1.165, 1.54) is 23.9 Å².